The number of nitrogens with zero attached hydrogens (tertiary/aromatic N) is 2. The highest BCUT2D eigenvalue weighted by Gasteiger charge is 2.14. The highest BCUT2D eigenvalue weighted by atomic mass is 16.6. The summed E-state index contributed by atoms with van der Waals surface area (Å²) in [6.07, 6.45) is 6.12. The fourth-order valence-electron chi connectivity index (χ4n) is 2.52. The first-order chi connectivity index (χ1) is 9.16. The van der Waals surface area contributed by atoms with Crippen molar-refractivity contribution < 1.29 is 10.0 Å². The van der Waals surface area contributed by atoms with E-state index >= 15 is 0 Å². The van der Waals surface area contributed by atoms with Crippen LogP contribution in [0, 0.1) is 10.1 Å². The highest BCUT2D eigenvalue weighted by Crippen LogP contribution is 2.25. The number of non-ortho nitro benzene ring substituents is 1. The van der Waals surface area contributed by atoms with E-state index in [4.69, 9.17) is 0 Å². The number of phenolic OH excluding ortho intramolecular Hbond substituents is 1. The molecule has 1 aromatic rings. The second kappa shape index (κ2) is 6.52. The Morgan fingerprint density at radius 3 is 2.42 bits per heavy atom. The van der Waals surface area contributed by atoms with Crippen molar-refractivity contribution >= 4 is 5.69 Å². The molecular formula is C14H20N2O3. The van der Waals surface area contributed by atoms with E-state index in [9.17, 15) is 15.2 Å². The van der Waals surface area contributed by atoms with Gasteiger partial charge in [-0.1, -0.05) is 19.3 Å². The molecule has 1 fully saturated rings. The Morgan fingerprint density at radius 2 is 1.79 bits per heavy atom. The first-order valence-corrected chi connectivity index (χ1v) is 6.85. The molecule has 1 heterocycles. The fourth-order valence-corrected chi connectivity index (χ4v) is 2.52. The molecule has 104 valence electrons. The molecule has 0 saturated carbocycles. The highest BCUT2D eigenvalue weighted by molar-refractivity contribution is 5.42. The lowest BCUT2D eigenvalue weighted by Crippen LogP contribution is -2.26. The number of nitro groups is 1. The number of likely N-dealkylation sites (tertiary alicyclic amines) is 1. The molecule has 0 aromatic heterocycles. The van der Waals surface area contributed by atoms with E-state index in [-0.39, 0.29) is 11.4 Å². The summed E-state index contributed by atoms with van der Waals surface area (Å²) < 4.78 is 0. The molecule has 5 nitrogen and oxygen atoms in total. The summed E-state index contributed by atoms with van der Waals surface area (Å²) in [4.78, 5) is 12.6. The van der Waals surface area contributed by atoms with E-state index in [0.717, 1.165) is 25.9 Å². The zero-order valence-corrected chi connectivity index (χ0v) is 11.0. The van der Waals surface area contributed by atoms with Crippen molar-refractivity contribution in [2.75, 3.05) is 13.1 Å². The molecule has 1 saturated heterocycles. The van der Waals surface area contributed by atoms with Gasteiger partial charge in [-0.2, -0.15) is 0 Å². The molecule has 1 N–H and O–H groups in total. The number of hydrogen-bond acceptors (Lipinski definition) is 4. The molecule has 0 aliphatic carbocycles. The molecule has 19 heavy (non-hydrogen) atoms. The topological polar surface area (TPSA) is 66.6 Å². The van der Waals surface area contributed by atoms with E-state index < -0.39 is 4.92 Å². The summed E-state index contributed by atoms with van der Waals surface area (Å²) in [6, 6.07) is 4.23. The number of nitro benzene ring substituents is 1. The number of hydrogen-bond donors (Lipinski definition) is 1. The maximum Gasteiger partial charge on any atom is 0.270 e. The number of phenols is 1. The molecule has 0 radical (unpaired) electrons. The summed E-state index contributed by atoms with van der Waals surface area (Å²) >= 11 is 0. The van der Waals surface area contributed by atoms with Gasteiger partial charge in [0.25, 0.3) is 5.69 Å². The van der Waals surface area contributed by atoms with Gasteiger partial charge in [0.2, 0.25) is 0 Å². The van der Waals surface area contributed by atoms with Crippen LogP contribution in [0.15, 0.2) is 18.2 Å². The number of rotatable bonds is 3. The van der Waals surface area contributed by atoms with E-state index in [1.165, 1.54) is 37.5 Å². The molecule has 1 aromatic carbocycles. The minimum Gasteiger partial charge on any atom is -0.508 e. The minimum absolute atomic E-state index is 0.0415. The van der Waals surface area contributed by atoms with Gasteiger partial charge in [0.05, 0.1) is 4.92 Å². The normalized spacial score (nSPS) is 17.7. The quantitative estimate of drug-likeness (QED) is 0.673. The van der Waals surface area contributed by atoms with Crippen molar-refractivity contribution in [3.63, 3.8) is 0 Å². The smallest absolute Gasteiger partial charge is 0.270 e. The van der Waals surface area contributed by atoms with Crippen molar-refractivity contribution in [1.82, 2.24) is 4.90 Å². The van der Waals surface area contributed by atoms with Gasteiger partial charge in [-0.3, -0.25) is 15.0 Å². The van der Waals surface area contributed by atoms with E-state index in [1.807, 2.05) is 0 Å². The van der Waals surface area contributed by atoms with Gasteiger partial charge < -0.3 is 5.11 Å². The molecule has 0 atom stereocenters. The van der Waals surface area contributed by atoms with Crippen LogP contribution >= 0.6 is 0 Å². The minimum atomic E-state index is -0.420. The SMILES string of the molecule is O=[N+]([O-])c1ccc(O)c(CN2CCCCCCC2)c1. The van der Waals surface area contributed by atoms with Crippen LogP contribution in [0.1, 0.15) is 37.7 Å². The monoisotopic (exact) mass is 264 g/mol. The zero-order valence-electron chi connectivity index (χ0n) is 11.0. The van der Waals surface area contributed by atoms with E-state index in [1.54, 1.807) is 0 Å². The van der Waals surface area contributed by atoms with Crippen molar-refractivity contribution in [2.24, 2.45) is 0 Å². The molecule has 0 unspecified atom stereocenters. The Kier molecular flexibility index (Phi) is 4.74. The third-order valence-corrected chi connectivity index (χ3v) is 3.62. The Labute approximate surface area is 113 Å². The first kappa shape index (κ1) is 13.8. The summed E-state index contributed by atoms with van der Waals surface area (Å²) in [5.41, 5.74) is 0.689. The lowest BCUT2D eigenvalue weighted by molar-refractivity contribution is -0.385. The van der Waals surface area contributed by atoms with Gasteiger partial charge in [0.15, 0.2) is 0 Å². The number of aromatic hydroxyl groups is 1. The molecule has 1 aliphatic rings. The summed E-state index contributed by atoms with van der Waals surface area (Å²) in [5, 5.41) is 20.6. The Balaban J connectivity index is 2.07. The molecule has 1 aliphatic heterocycles. The lowest BCUT2D eigenvalue weighted by Gasteiger charge is -2.24. The molecule has 0 amide bonds. The third kappa shape index (κ3) is 3.92. The predicted octanol–water partition coefficient (Wildman–Crippen LogP) is 3.07. The second-order valence-electron chi connectivity index (χ2n) is 5.11. The van der Waals surface area contributed by atoms with Crippen LogP contribution < -0.4 is 0 Å². The third-order valence-electron chi connectivity index (χ3n) is 3.62. The van der Waals surface area contributed by atoms with Crippen molar-refractivity contribution in [2.45, 2.75) is 38.6 Å². The molecule has 5 heteroatoms. The Morgan fingerprint density at radius 1 is 1.16 bits per heavy atom. The average Bonchev–Trinajstić information content (AvgIpc) is 2.34. The molecule has 2 rings (SSSR count). The maximum atomic E-state index is 10.8. The fraction of sp³-hybridized carbons (Fsp3) is 0.571. The van der Waals surface area contributed by atoms with Gasteiger partial charge in [0.1, 0.15) is 5.75 Å². The van der Waals surface area contributed by atoms with Crippen molar-refractivity contribution in [3.05, 3.63) is 33.9 Å². The Bertz CT molecular complexity index is 440. The van der Waals surface area contributed by atoms with Crippen LogP contribution in [0.5, 0.6) is 5.75 Å². The van der Waals surface area contributed by atoms with Gasteiger partial charge in [-0.05, 0) is 32.0 Å². The second-order valence-corrected chi connectivity index (χ2v) is 5.11. The molecular weight excluding hydrogens is 244 g/mol. The predicted molar refractivity (Wildman–Crippen MR) is 73.1 cm³/mol. The average molecular weight is 264 g/mol. The van der Waals surface area contributed by atoms with Gasteiger partial charge in [-0.25, -0.2) is 0 Å². The molecule has 0 bridgehead atoms. The Hall–Kier alpha value is -1.62. The van der Waals surface area contributed by atoms with E-state index in [0.29, 0.717) is 12.1 Å². The lowest BCUT2D eigenvalue weighted by atomic mass is 10.1. The van der Waals surface area contributed by atoms with Gasteiger partial charge in [-0.15, -0.1) is 0 Å². The van der Waals surface area contributed by atoms with Crippen LogP contribution in [0.25, 0.3) is 0 Å². The van der Waals surface area contributed by atoms with Crippen LogP contribution in [-0.2, 0) is 6.54 Å². The van der Waals surface area contributed by atoms with Gasteiger partial charge >= 0.3 is 0 Å². The van der Waals surface area contributed by atoms with Crippen LogP contribution in [0.4, 0.5) is 5.69 Å². The zero-order chi connectivity index (χ0) is 13.7. The van der Waals surface area contributed by atoms with Crippen molar-refractivity contribution in [3.8, 4) is 5.75 Å². The largest absolute Gasteiger partial charge is 0.508 e. The maximum absolute atomic E-state index is 10.8. The first-order valence-electron chi connectivity index (χ1n) is 6.85. The van der Waals surface area contributed by atoms with Gasteiger partial charge in [0, 0.05) is 24.2 Å². The summed E-state index contributed by atoms with van der Waals surface area (Å²) in [6.45, 7) is 2.60. The number of benzene rings is 1. The van der Waals surface area contributed by atoms with Crippen LogP contribution in [-0.4, -0.2) is 28.0 Å². The standard InChI is InChI=1S/C14H20N2O3/c17-14-7-6-13(16(18)19)10-12(14)11-15-8-4-2-1-3-5-9-15/h6-7,10,17H,1-5,8-9,11H2. The summed E-state index contributed by atoms with van der Waals surface area (Å²) in [5.74, 6) is 0.146. The van der Waals surface area contributed by atoms with E-state index in [2.05, 4.69) is 4.90 Å². The summed E-state index contributed by atoms with van der Waals surface area (Å²) in [7, 11) is 0. The van der Waals surface area contributed by atoms with Crippen LogP contribution in [0.3, 0.4) is 0 Å². The van der Waals surface area contributed by atoms with Crippen molar-refractivity contribution in [1.29, 1.82) is 0 Å². The van der Waals surface area contributed by atoms with Crippen LogP contribution in [0.2, 0.25) is 0 Å². The molecule has 0 spiro atoms.